The fourth-order valence-corrected chi connectivity index (χ4v) is 5.57. The number of alkyl halides is 2. The van der Waals surface area contributed by atoms with Crippen LogP contribution in [0.1, 0.15) is 37.3 Å². The van der Waals surface area contributed by atoms with E-state index in [9.17, 15) is 22.5 Å². The van der Waals surface area contributed by atoms with E-state index in [1.165, 1.54) is 12.1 Å². The highest BCUT2D eigenvalue weighted by molar-refractivity contribution is 7.89. The van der Waals surface area contributed by atoms with Gasteiger partial charge in [0.25, 0.3) is 0 Å². The van der Waals surface area contributed by atoms with Crippen molar-refractivity contribution in [3.8, 4) is 17.5 Å². The summed E-state index contributed by atoms with van der Waals surface area (Å²) in [5, 5.41) is 11.3. The first-order valence-corrected chi connectivity index (χ1v) is 12.1. The summed E-state index contributed by atoms with van der Waals surface area (Å²) in [4.78, 5) is 4.11. The van der Waals surface area contributed by atoms with E-state index in [0.717, 1.165) is 42.8 Å². The Labute approximate surface area is 189 Å². The molecule has 0 radical (unpaired) electrons. The summed E-state index contributed by atoms with van der Waals surface area (Å²) in [7, 11) is -4.14. The van der Waals surface area contributed by atoms with E-state index in [1.54, 1.807) is 6.07 Å². The lowest BCUT2D eigenvalue weighted by molar-refractivity contribution is 0.334. The molecule has 0 unspecified atom stereocenters. The summed E-state index contributed by atoms with van der Waals surface area (Å²) in [5.41, 5.74) is 2.33. The number of hydrogen-bond acceptors (Lipinski definition) is 4. The van der Waals surface area contributed by atoms with Gasteiger partial charge in [0.1, 0.15) is 24.3 Å². The normalized spacial score (nSPS) is 15.0. The van der Waals surface area contributed by atoms with E-state index in [2.05, 4.69) is 15.6 Å². The standard InChI is InChI=1S/C22H21ClF2N4O2S/c23-14-5-7-18-19(12-26)22(29(21(18)9-14)16-3-1-2-4-16)20-8-6-17(13-27-20)32(30,31)28-15(10-24)11-25/h5-9,13,15-16,28H,1-4,10-11H2. The van der Waals surface area contributed by atoms with Crippen LogP contribution in [0.4, 0.5) is 8.78 Å². The molecule has 1 aromatic carbocycles. The molecule has 0 bridgehead atoms. The lowest BCUT2D eigenvalue weighted by Gasteiger charge is -2.18. The lowest BCUT2D eigenvalue weighted by atomic mass is 10.1. The number of aromatic nitrogens is 2. The number of hydrogen-bond donors (Lipinski definition) is 1. The van der Waals surface area contributed by atoms with E-state index in [1.807, 2.05) is 16.9 Å². The summed E-state index contributed by atoms with van der Waals surface area (Å²) in [6.45, 7) is -2.31. The molecule has 1 saturated carbocycles. The molecular weight excluding hydrogens is 458 g/mol. The van der Waals surface area contributed by atoms with Gasteiger partial charge in [0.05, 0.1) is 28.5 Å². The Morgan fingerprint density at radius 2 is 1.94 bits per heavy atom. The van der Waals surface area contributed by atoms with E-state index in [-0.39, 0.29) is 10.9 Å². The highest BCUT2D eigenvalue weighted by atomic mass is 35.5. The van der Waals surface area contributed by atoms with Gasteiger partial charge in [0.2, 0.25) is 10.0 Å². The van der Waals surface area contributed by atoms with Crippen molar-refractivity contribution in [2.75, 3.05) is 13.3 Å². The first kappa shape index (κ1) is 22.6. The van der Waals surface area contributed by atoms with Gasteiger partial charge in [-0.15, -0.1) is 0 Å². The van der Waals surface area contributed by atoms with Gasteiger partial charge in [-0.3, -0.25) is 4.98 Å². The Hall–Kier alpha value is -2.54. The van der Waals surface area contributed by atoms with E-state index in [4.69, 9.17) is 11.6 Å². The van der Waals surface area contributed by atoms with E-state index in [0.29, 0.717) is 22.0 Å². The second-order valence-corrected chi connectivity index (χ2v) is 9.96. The molecule has 1 N–H and O–H groups in total. The molecule has 6 nitrogen and oxygen atoms in total. The maximum atomic E-state index is 12.8. The third-order valence-electron chi connectivity index (χ3n) is 5.75. The summed E-state index contributed by atoms with van der Waals surface area (Å²) in [6.07, 6.45) is 5.20. The number of rotatable bonds is 7. The van der Waals surface area contributed by atoms with Gasteiger partial charge in [-0.05, 0) is 43.2 Å². The maximum absolute atomic E-state index is 12.8. The second kappa shape index (κ2) is 9.14. The highest BCUT2D eigenvalue weighted by Gasteiger charge is 2.27. The molecule has 3 aromatic rings. The summed E-state index contributed by atoms with van der Waals surface area (Å²) >= 11 is 6.25. The minimum absolute atomic E-state index is 0.176. The second-order valence-electron chi connectivity index (χ2n) is 7.81. The average Bonchev–Trinajstić information content (AvgIpc) is 3.42. The van der Waals surface area contributed by atoms with Crippen molar-refractivity contribution in [1.29, 1.82) is 5.26 Å². The van der Waals surface area contributed by atoms with Gasteiger partial charge in [0.15, 0.2) is 0 Å². The molecule has 1 fully saturated rings. The topological polar surface area (TPSA) is 87.8 Å². The largest absolute Gasteiger partial charge is 0.335 e. The molecule has 2 aromatic heterocycles. The van der Waals surface area contributed by atoms with Crippen LogP contribution < -0.4 is 4.72 Å². The zero-order valence-electron chi connectivity index (χ0n) is 17.1. The Balaban J connectivity index is 1.83. The number of halogens is 3. The number of benzene rings is 1. The van der Waals surface area contributed by atoms with Crippen LogP contribution in [0.15, 0.2) is 41.4 Å². The number of sulfonamides is 1. The van der Waals surface area contributed by atoms with Crippen molar-refractivity contribution in [3.05, 3.63) is 47.1 Å². The first-order chi connectivity index (χ1) is 15.4. The van der Waals surface area contributed by atoms with Crippen LogP contribution in [0, 0.1) is 11.3 Å². The van der Waals surface area contributed by atoms with Crippen LogP contribution in [-0.2, 0) is 10.0 Å². The van der Waals surface area contributed by atoms with Gasteiger partial charge in [-0.25, -0.2) is 21.9 Å². The lowest BCUT2D eigenvalue weighted by Crippen LogP contribution is -2.37. The van der Waals surface area contributed by atoms with Gasteiger partial charge in [-0.1, -0.05) is 24.4 Å². The Kier molecular flexibility index (Phi) is 6.47. The predicted octanol–water partition coefficient (Wildman–Crippen LogP) is 4.93. The van der Waals surface area contributed by atoms with Crippen LogP contribution in [-0.4, -0.2) is 37.4 Å². The number of nitrogens with zero attached hydrogens (tertiary/aromatic N) is 3. The molecular formula is C22H21ClF2N4O2S. The molecule has 0 saturated heterocycles. The molecule has 1 aliphatic rings. The number of pyridine rings is 1. The SMILES string of the molecule is N#Cc1c(-c2ccc(S(=O)(=O)NC(CF)CF)cn2)n(C2CCCC2)c2cc(Cl)ccc12. The van der Waals surface area contributed by atoms with Crippen LogP contribution in [0.25, 0.3) is 22.3 Å². The minimum Gasteiger partial charge on any atom is -0.335 e. The van der Waals surface area contributed by atoms with Crippen molar-refractivity contribution in [1.82, 2.24) is 14.3 Å². The number of nitriles is 1. The Bertz CT molecular complexity index is 1280. The maximum Gasteiger partial charge on any atom is 0.242 e. The number of nitrogens with one attached hydrogen (secondary N) is 1. The fraction of sp³-hybridized carbons (Fsp3) is 0.364. The third kappa shape index (κ3) is 4.10. The van der Waals surface area contributed by atoms with E-state index >= 15 is 0 Å². The van der Waals surface area contributed by atoms with Gasteiger partial charge >= 0.3 is 0 Å². The van der Waals surface area contributed by atoms with E-state index < -0.39 is 29.4 Å². The van der Waals surface area contributed by atoms with Crippen molar-refractivity contribution in [2.24, 2.45) is 0 Å². The molecule has 32 heavy (non-hydrogen) atoms. The molecule has 0 aliphatic heterocycles. The molecule has 4 rings (SSSR count). The zero-order valence-corrected chi connectivity index (χ0v) is 18.6. The summed E-state index contributed by atoms with van der Waals surface area (Å²) in [5.74, 6) is 0. The molecule has 168 valence electrons. The highest BCUT2D eigenvalue weighted by Crippen LogP contribution is 2.41. The van der Waals surface area contributed by atoms with Crippen molar-refractivity contribution in [2.45, 2.75) is 42.7 Å². The average molecular weight is 479 g/mol. The van der Waals surface area contributed by atoms with Crippen LogP contribution in [0.5, 0.6) is 0 Å². The van der Waals surface area contributed by atoms with Crippen molar-refractivity contribution in [3.63, 3.8) is 0 Å². The predicted molar refractivity (Wildman–Crippen MR) is 118 cm³/mol. The summed E-state index contributed by atoms with van der Waals surface area (Å²) in [6, 6.07) is 9.20. The third-order valence-corrected chi connectivity index (χ3v) is 7.49. The monoisotopic (exact) mass is 478 g/mol. The minimum atomic E-state index is -4.14. The van der Waals surface area contributed by atoms with Crippen molar-refractivity contribution >= 4 is 32.5 Å². The van der Waals surface area contributed by atoms with Crippen LogP contribution >= 0.6 is 11.6 Å². The Morgan fingerprint density at radius 3 is 2.53 bits per heavy atom. The van der Waals surface area contributed by atoms with Crippen LogP contribution in [0.3, 0.4) is 0 Å². The zero-order chi connectivity index (χ0) is 22.9. The quantitative estimate of drug-likeness (QED) is 0.521. The number of fused-ring (bicyclic) bond motifs is 1. The van der Waals surface area contributed by atoms with Crippen molar-refractivity contribution < 1.29 is 17.2 Å². The smallest absolute Gasteiger partial charge is 0.242 e. The first-order valence-electron chi connectivity index (χ1n) is 10.2. The summed E-state index contributed by atoms with van der Waals surface area (Å²) < 4.78 is 54.5. The Morgan fingerprint density at radius 1 is 1.22 bits per heavy atom. The van der Waals surface area contributed by atoms with Gasteiger partial charge < -0.3 is 4.57 Å². The molecule has 2 heterocycles. The molecule has 10 heteroatoms. The van der Waals surface area contributed by atoms with Gasteiger partial charge in [-0.2, -0.15) is 5.26 Å². The fourth-order valence-electron chi connectivity index (χ4n) is 4.26. The molecule has 0 spiro atoms. The van der Waals surface area contributed by atoms with Gasteiger partial charge in [0, 0.05) is 22.6 Å². The van der Waals surface area contributed by atoms with Crippen LogP contribution in [0.2, 0.25) is 5.02 Å². The molecule has 0 atom stereocenters. The molecule has 0 amide bonds. The molecule has 1 aliphatic carbocycles.